The maximum Gasteiger partial charge on any atom is 0.275 e. The van der Waals surface area contributed by atoms with Gasteiger partial charge < -0.3 is 15.4 Å². The van der Waals surface area contributed by atoms with E-state index in [9.17, 15) is 4.79 Å². The Kier molecular flexibility index (Phi) is 5.15. The minimum absolute atomic E-state index is 0.179. The number of H-pyrrole nitrogens is 1. The number of carbonyl (C=O) groups is 1. The lowest BCUT2D eigenvalue weighted by atomic mass is 10.2. The summed E-state index contributed by atoms with van der Waals surface area (Å²) in [5, 5.41) is 16.8. The van der Waals surface area contributed by atoms with Crippen LogP contribution in [-0.4, -0.2) is 28.4 Å². The topological polar surface area (TPSA) is 91.9 Å². The molecule has 3 rings (SSSR count). The zero-order chi connectivity index (χ0) is 17.6. The predicted molar refractivity (Wildman–Crippen MR) is 95.3 cm³/mol. The van der Waals surface area contributed by atoms with Gasteiger partial charge in [0.1, 0.15) is 5.75 Å². The van der Waals surface area contributed by atoms with Crippen molar-refractivity contribution in [3.05, 3.63) is 64.8 Å². The Labute approximate surface area is 149 Å². The van der Waals surface area contributed by atoms with Crippen molar-refractivity contribution in [3.8, 4) is 5.75 Å². The maximum absolute atomic E-state index is 12.4. The van der Waals surface area contributed by atoms with Gasteiger partial charge in [0, 0.05) is 17.3 Å². The number of hydrogen-bond acceptors (Lipinski definition) is 5. The fourth-order valence-electron chi connectivity index (χ4n) is 2.19. The summed E-state index contributed by atoms with van der Waals surface area (Å²) in [5.41, 5.74) is 1.85. The molecule has 0 saturated carbocycles. The van der Waals surface area contributed by atoms with Crippen LogP contribution >= 0.6 is 11.6 Å². The summed E-state index contributed by atoms with van der Waals surface area (Å²) in [5.74, 6) is 0.733. The zero-order valence-electron chi connectivity index (χ0n) is 13.4. The molecule has 0 spiro atoms. The van der Waals surface area contributed by atoms with Gasteiger partial charge in [-0.1, -0.05) is 23.7 Å². The standard InChI is InChI=1S/C17H16ClN5O2/c1-25-14-4-2-3-11(9-14)10-19-17(24)15-16(22-23-21-15)20-13-7-5-12(18)6-8-13/h2-9H,10H2,1H3,(H,19,24)(H2,20,21,22,23). The van der Waals surface area contributed by atoms with Crippen molar-refractivity contribution < 1.29 is 9.53 Å². The van der Waals surface area contributed by atoms with Gasteiger partial charge in [0.05, 0.1) is 7.11 Å². The molecule has 25 heavy (non-hydrogen) atoms. The average Bonchev–Trinajstić information content (AvgIpc) is 3.10. The highest BCUT2D eigenvalue weighted by Crippen LogP contribution is 2.19. The number of ether oxygens (including phenoxy) is 1. The predicted octanol–water partition coefficient (Wildman–Crippen LogP) is 3.14. The van der Waals surface area contributed by atoms with E-state index in [4.69, 9.17) is 16.3 Å². The summed E-state index contributed by atoms with van der Waals surface area (Å²) in [7, 11) is 1.60. The van der Waals surface area contributed by atoms with Crippen LogP contribution in [0.3, 0.4) is 0 Å². The first-order valence-corrected chi connectivity index (χ1v) is 7.88. The number of carbonyl (C=O) groups excluding carboxylic acids is 1. The Morgan fingerprint density at radius 1 is 1.20 bits per heavy atom. The number of anilines is 2. The highest BCUT2D eigenvalue weighted by molar-refractivity contribution is 6.30. The summed E-state index contributed by atoms with van der Waals surface area (Å²) < 4.78 is 5.17. The number of aromatic nitrogens is 3. The van der Waals surface area contributed by atoms with Crippen LogP contribution < -0.4 is 15.4 Å². The number of aromatic amines is 1. The van der Waals surface area contributed by atoms with Crippen molar-refractivity contribution in [2.45, 2.75) is 6.54 Å². The molecular weight excluding hydrogens is 342 g/mol. The van der Waals surface area contributed by atoms with Crippen molar-refractivity contribution in [3.63, 3.8) is 0 Å². The number of halogens is 1. The third-order valence-corrected chi connectivity index (χ3v) is 3.71. The highest BCUT2D eigenvalue weighted by atomic mass is 35.5. The Balaban J connectivity index is 1.66. The number of rotatable bonds is 6. The third kappa shape index (κ3) is 4.27. The quantitative estimate of drug-likeness (QED) is 0.630. The first kappa shape index (κ1) is 16.8. The van der Waals surface area contributed by atoms with E-state index < -0.39 is 0 Å². The molecule has 0 aliphatic carbocycles. The zero-order valence-corrected chi connectivity index (χ0v) is 14.2. The normalized spacial score (nSPS) is 10.3. The lowest BCUT2D eigenvalue weighted by molar-refractivity contribution is 0.0946. The average molecular weight is 358 g/mol. The van der Waals surface area contributed by atoms with Crippen molar-refractivity contribution in [2.24, 2.45) is 0 Å². The van der Waals surface area contributed by atoms with Gasteiger partial charge in [0.25, 0.3) is 5.91 Å². The van der Waals surface area contributed by atoms with Gasteiger partial charge in [-0.2, -0.15) is 5.21 Å². The number of amides is 1. The van der Waals surface area contributed by atoms with Crippen LogP contribution in [-0.2, 0) is 6.54 Å². The molecule has 0 unspecified atom stereocenters. The maximum atomic E-state index is 12.4. The second-order valence-electron chi connectivity index (χ2n) is 5.19. The molecule has 2 aromatic carbocycles. The third-order valence-electron chi connectivity index (χ3n) is 3.46. The Morgan fingerprint density at radius 2 is 2.00 bits per heavy atom. The fraction of sp³-hybridized carbons (Fsp3) is 0.118. The lowest BCUT2D eigenvalue weighted by Gasteiger charge is -2.07. The minimum atomic E-state index is -0.340. The second-order valence-corrected chi connectivity index (χ2v) is 5.62. The van der Waals surface area contributed by atoms with E-state index in [-0.39, 0.29) is 11.6 Å². The largest absolute Gasteiger partial charge is 0.497 e. The van der Waals surface area contributed by atoms with Crippen LogP contribution in [0.25, 0.3) is 0 Å². The van der Waals surface area contributed by atoms with E-state index >= 15 is 0 Å². The van der Waals surface area contributed by atoms with Gasteiger partial charge >= 0.3 is 0 Å². The highest BCUT2D eigenvalue weighted by Gasteiger charge is 2.16. The summed E-state index contributed by atoms with van der Waals surface area (Å²) in [4.78, 5) is 12.4. The molecule has 3 N–H and O–H groups in total. The molecule has 0 aliphatic rings. The number of methoxy groups -OCH3 is 1. The second kappa shape index (κ2) is 7.67. The summed E-state index contributed by atoms with van der Waals surface area (Å²) in [6.45, 7) is 0.350. The van der Waals surface area contributed by atoms with Crippen molar-refractivity contribution in [1.82, 2.24) is 20.7 Å². The molecule has 0 bridgehead atoms. The molecule has 8 heteroatoms. The first-order chi connectivity index (χ1) is 12.2. The van der Waals surface area contributed by atoms with Gasteiger partial charge in [-0.3, -0.25) is 4.79 Å². The first-order valence-electron chi connectivity index (χ1n) is 7.50. The van der Waals surface area contributed by atoms with Crippen LogP contribution in [0.4, 0.5) is 11.5 Å². The van der Waals surface area contributed by atoms with E-state index in [2.05, 4.69) is 26.0 Å². The molecule has 128 valence electrons. The minimum Gasteiger partial charge on any atom is -0.497 e. The molecule has 1 amide bonds. The van der Waals surface area contributed by atoms with Crippen LogP contribution in [0.1, 0.15) is 16.1 Å². The van der Waals surface area contributed by atoms with E-state index in [0.29, 0.717) is 17.4 Å². The molecule has 7 nitrogen and oxygen atoms in total. The molecule has 0 fully saturated rings. The van der Waals surface area contributed by atoms with Crippen LogP contribution in [0.5, 0.6) is 5.75 Å². The fourth-order valence-corrected chi connectivity index (χ4v) is 2.32. The summed E-state index contributed by atoms with van der Waals surface area (Å²) in [6, 6.07) is 14.5. The summed E-state index contributed by atoms with van der Waals surface area (Å²) in [6.07, 6.45) is 0. The van der Waals surface area contributed by atoms with Crippen LogP contribution in [0, 0.1) is 0 Å². The molecule has 0 aliphatic heterocycles. The van der Waals surface area contributed by atoms with Crippen molar-refractivity contribution >= 4 is 29.0 Å². The van der Waals surface area contributed by atoms with Gasteiger partial charge in [-0.15, -0.1) is 10.2 Å². The monoisotopic (exact) mass is 357 g/mol. The molecular formula is C17H16ClN5O2. The number of nitrogens with zero attached hydrogens (tertiary/aromatic N) is 2. The summed E-state index contributed by atoms with van der Waals surface area (Å²) >= 11 is 5.86. The van der Waals surface area contributed by atoms with E-state index in [0.717, 1.165) is 17.0 Å². The van der Waals surface area contributed by atoms with E-state index in [1.165, 1.54) is 0 Å². The number of benzene rings is 2. The molecule has 3 aromatic rings. The van der Waals surface area contributed by atoms with Crippen LogP contribution in [0.15, 0.2) is 48.5 Å². The smallest absolute Gasteiger partial charge is 0.275 e. The molecule has 1 heterocycles. The SMILES string of the molecule is COc1cccc(CNC(=O)c2n[nH]nc2Nc2ccc(Cl)cc2)c1. The van der Waals surface area contributed by atoms with E-state index in [1.807, 2.05) is 24.3 Å². The molecule has 0 radical (unpaired) electrons. The molecule has 0 saturated heterocycles. The van der Waals surface area contributed by atoms with Gasteiger partial charge in [0.15, 0.2) is 11.5 Å². The number of nitrogens with one attached hydrogen (secondary N) is 3. The van der Waals surface area contributed by atoms with Gasteiger partial charge in [-0.25, -0.2) is 0 Å². The van der Waals surface area contributed by atoms with Gasteiger partial charge in [-0.05, 0) is 42.0 Å². The number of hydrogen-bond donors (Lipinski definition) is 3. The molecule has 1 aromatic heterocycles. The lowest BCUT2D eigenvalue weighted by Crippen LogP contribution is -2.24. The Hall–Kier alpha value is -3.06. The Morgan fingerprint density at radius 3 is 2.76 bits per heavy atom. The molecule has 0 atom stereocenters. The van der Waals surface area contributed by atoms with E-state index in [1.54, 1.807) is 31.4 Å². The van der Waals surface area contributed by atoms with Crippen molar-refractivity contribution in [1.29, 1.82) is 0 Å². The van der Waals surface area contributed by atoms with Gasteiger partial charge in [0.2, 0.25) is 0 Å². The van der Waals surface area contributed by atoms with Crippen LogP contribution in [0.2, 0.25) is 5.02 Å². The van der Waals surface area contributed by atoms with Crippen molar-refractivity contribution in [2.75, 3.05) is 12.4 Å². The Bertz CT molecular complexity index is 863.